The van der Waals surface area contributed by atoms with Gasteiger partial charge in [-0.3, -0.25) is 9.52 Å². The Morgan fingerprint density at radius 2 is 1.69 bits per heavy atom. The monoisotopic (exact) mass is 446 g/mol. The summed E-state index contributed by atoms with van der Waals surface area (Å²) in [5.41, 5.74) is 3.55. The Labute approximate surface area is 178 Å². The molecule has 0 amide bonds. The molecule has 1 N–H and O–H groups in total. The molecule has 1 aliphatic rings. The van der Waals surface area contributed by atoms with Crippen LogP contribution in [0.2, 0.25) is 4.34 Å². The number of halogens is 1. The molecule has 1 fully saturated rings. The van der Waals surface area contributed by atoms with Crippen LogP contribution >= 0.6 is 22.9 Å². The topological polar surface area (TPSA) is 76.1 Å². The van der Waals surface area contributed by atoms with Crippen molar-refractivity contribution in [1.29, 1.82) is 0 Å². The van der Waals surface area contributed by atoms with E-state index in [-0.39, 0.29) is 29.0 Å². The van der Waals surface area contributed by atoms with Gasteiger partial charge in [0.05, 0.1) is 17.4 Å². The number of sulfonamides is 1. The molecule has 0 spiro atoms. The fourth-order valence-electron chi connectivity index (χ4n) is 2.99. The molecule has 8 heteroatoms. The molecule has 1 aliphatic carbocycles. The lowest BCUT2D eigenvalue weighted by atomic mass is 10.0. The van der Waals surface area contributed by atoms with Crippen LogP contribution in [0.3, 0.4) is 0 Å². The van der Waals surface area contributed by atoms with Crippen LogP contribution in [-0.2, 0) is 27.7 Å². The number of benzene rings is 2. The van der Waals surface area contributed by atoms with Crippen molar-refractivity contribution in [3.05, 3.63) is 70.2 Å². The third kappa shape index (κ3) is 5.04. The van der Waals surface area contributed by atoms with Gasteiger partial charge in [-0.25, -0.2) is 13.4 Å². The molecule has 150 valence electrons. The Kier molecular flexibility index (Phi) is 5.72. The zero-order valence-corrected chi connectivity index (χ0v) is 17.9. The van der Waals surface area contributed by atoms with E-state index >= 15 is 0 Å². The maximum Gasteiger partial charge on any atom is 0.237 e. The minimum atomic E-state index is -3.39. The standard InChI is InChI=1S/C21H19ClN2O3S2/c22-20-19(23-21(28-20)24-29(26,27)18-10-11-18)13-17(25)12-14-6-8-16(9-7-14)15-4-2-1-3-5-15/h1-9,18H,10-13H2,(H,23,24). The van der Waals surface area contributed by atoms with Crippen LogP contribution < -0.4 is 4.72 Å². The maximum absolute atomic E-state index is 12.5. The van der Waals surface area contributed by atoms with Crippen LogP contribution in [0.4, 0.5) is 5.13 Å². The van der Waals surface area contributed by atoms with Crippen molar-refractivity contribution in [2.45, 2.75) is 30.9 Å². The SMILES string of the molecule is O=C(Cc1ccc(-c2ccccc2)cc1)Cc1nc(NS(=O)(=O)C2CC2)sc1Cl. The van der Waals surface area contributed by atoms with Crippen LogP contribution in [0, 0.1) is 0 Å². The summed E-state index contributed by atoms with van der Waals surface area (Å²) in [7, 11) is -3.39. The van der Waals surface area contributed by atoms with Gasteiger partial charge in [-0.15, -0.1) is 0 Å². The normalized spacial score (nSPS) is 14.0. The fourth-order valence-corrected chi connectivity index (χ4v) is 5.61. The number of nitrogens with one attached hydrogen (secondary N) is 1. The van der Waals surface area contributed by atoms with Crippen LogP contribution in [0.5, 0.6) is 0 Å². The smallest absolute Gasteiger partial charge is 0.237 e. The molecule has 0 bridgehead atoms. The number of nitrogens with zero attached hydrogens (tertiary/aromatic N) is 1. The van der Waals surface area contributed by atoms with Crippen molar-refractivity contribution in [2.24, 2.45) is 0 Å². The van der Waals surface area contributed by atoms with Gasteiger partial charge >= 0.3 is 0 Å². The number of Topliss-reactive ketones (excluding diaryl/α,β-unsaturated/α-hetero) is 1. The third-order valence-corrected chi connectivity index (χ3v) is 7.88. The van der Waals surface area contributed by atoms with Crippen LogP contribution in [0.1, 0.15) is 24.1 Å². The summed E-state index contributed by atoms with van der Waals surface area (Å²) in [6, 6.07) is 17.9. The number of hydrogen-bond acceptors (Lipinski definition) is 5. The van der Waals surface area contributed by atoms with Crippen molar-refractivity contribution in [1.82, 2.24) is 4.98 Å². The molecule has 0 aliphatic heterocycles. The second kappa shape index (κ2) is 8.26. The molecular formula is C21H19ClN2O3S2. The van der Waals surface area contributed by atoms with Crippen molar-refractivity contribution in [3.63, 3.8) is 0 Å². The lowest BCUT2D eigenvalue weighted by Crippen LogP contribution is -2.17. The molecule has 4 rings (SSSR count). The predicted molar refractivity (Wildman–Crippen MR) is 117 cm³/mol. The zero-order valence-electron chi connectivity index (χ0n) is 15.5. The van der Waals surface area contributed by atoms with E-state index in [4.69, 9.17) is 11.6 Å². The second-order valence-corrected chi connectivity index (χ2v) is 10.6. The number of aromatic nitrogens is 1. The van der Waals surface area contributed by atoms with E-state index in [1.165, 1.54) is 0 Å². The second-order valence-electron chi connectivity index (χ2n) is 7.04. The first kappa shape index (κ1) is 20.1. The van der Waals surface area contributed by atoms with Crippen LogP contribution in [0.15, 0.2) is 54.6 Å². The average molecular weight is 447 g/mol. The van der Waals surface area contributed by atoms with Crippen molar-refractivity contribution in [2.75, 3.05) is 4.72 Å². The van der Waals surface area contributed by atoms with Crippen LogP contribution in [0.25, 0.3) is 11.1 Å². The Bertz CT molecular complexity index is 1120. The molecule has 0 radical (unpaired) electrons. The minimum Gasteiger partial charge on any atom is -0.299 e. The first-order valence-corrected chi connectivity index (χ1v) is 12.0. The van der Waals surface area contributed by atoms with Gasteiger partial charge in [-0.05, 0) is 29.5 Å². The molecule has 0 saturated heterocycles. The van der Waals surface area contributed by atoms with E-state index < -0.39 is 10.0 Å². The molecule has 0 atom stereocenters. The molecule has 2 aromatic carbocycles. The van der Waals surface area contributed by atoms with Gasteiger partial charge in [0.25, 0.3) is 0 Å². The Morgan fingerprint density at radius 3 is 2.34 bits per heavy atom. The number of carbonyl (C=O) groups is 1. The van der Waals surface area contributed by atoms with Crippen molar-refractivity contribution < 1.29 is 13.2 Å². The Hall–Kier alpha value is -2.22. The number of rotatable bonds is 8. The quantitative estimate of drug-likeness (QED) is 0.543. The summed E-state index contributed by atoms with van der Waals surface area (Å²) >= 11 is 7.22. The highest BCUT2D eigenvalue weighted by Crippen LogP contribution is 2.33. The van der Waals surface area contributed by atoms with E-state index in [1.807, 2.05) is 54.6 Å². The average Bonchev–Trinajstić information content (AvgIpc) is 3.50. The van der Waals surface area contributed by atoms with Crippen LogP contribution in [-0.4, -0.2) is 24.4 Å². The number of ketones is 1. The first-order valence-electron chi connectivity index (χ1n) is 9.23. The highest BCUT2D eigenvalue weighted by atomic mass is 35.5. The molecule has 5 nitrogen and oxygen atoms in total. The molecular weight excluding hydrogens is 428 g/mol. The van der Waals surface area contributed by atoms with Gasteiger partial charge in [0, 0.05) is 6.42 Å². The van der Waals surface area contributed by atoms with Gasteiger partial charge in [0.15, 0.2) is 5.13 Å². The Morgan fingerprint density at radius 1 is 1.03 bits per heavy atom. The van der Waals surface area contributed by atoms with Crippen molar-refractivity contribution in [3.8, 4) is 11.1 Å². The van der Waals surface area contributed by atoms with Gasteiger partial charge in [-0.1, -0.05) is 77.5 Å². The highest BCUT2D eigenvalue weighted by molar-refractivity contribution is 7.93. The van der Waals surface area contributed by atoms with E-state index in [0.717, 1.165) is 28.0 Å². The molecule has 1 aromatic heterocycles. The summed E-state index contributed by atoms with van der Waals surface area (Å²) in [6.07, 6.45) is 1.68. The van der Waals surface area contributed by atoms with Gasteiger partial charge in [-0.2, -0.15) is 0 Å². The summed E-state index contributed by atoms with van der Waals surface area (Å²) in [5.74, 6) is -0.0266. The van der Waals surface area contributed by atoms with E-state index in [0.29, 0.717) is 22.9 Å². The molecule has 1 saturated carbocycles. The number of hydrogen-bond donors (Lipinski definition) is 1. The fraction of sp³-hybridized carbons (Fsp3) is 0.238. The summed E-state index contributed by atoms with van der Waals surface area (Å²) in [6.45, 7) is 0. The summed E-state index contributed by atoms with van der Waals surface area (Å²) in [5, 5.41) is -0.119. The van der Waals surface area contributed by atoms with E-state index in [2.05, 4.69) is 9.71 Å². The number of anilines is 1. The van der Waals surface area contributed by atoms with Gasteiger partial charge < -0.3 is 0 Å². The molecule has 3 aromatic rings. The summed E-state index contributed by atoms with van der Waals surface area (Å²) < 4.78 is 26.9. The maximum atomic E-state index is 12.5. The lowest BCUT2D eigenvalue weighted by molar-refractivity contribution is -0.117. The largest absolute Gasteiger partial charge is 0.299 e. The zero-order chi connectivity index (χ0) is 20.4. The van der Waals surface area contributed by atoms with Gasteiger partial charge in [0.1, 0.15) is 10.1 Å². The molecule has 29 heavy (non-hydrogen) atoms. The number of carbonyl (C=O) groups excluding carboxylic acids is 1. The van der Waals surface area contributed by atoms with E-state index in [9.17, 15) is 13.2 Å². The predicted octanol–water partition coefficient (Wildman–Crippen LogP) is 4.72. The summed E-state index contributed by atoms with van der Waals surface area (Å²) in [4.78, 5) is 16.7. The minimum absolute atomic E-state index is 0.0266. The van der Waals surface area contributed by atoms with E-state index in [1.54, 1.807) is 0 Å². The highest BCUT2D eigenvalue weighted by Gasteiger charge is 2.36. The first-order chi connectivity index (χ1) is 13.9. The van der Waals surface area contributed by atoms with Crippen molar-refractivity contribution >= 4 is 43.9 Å². The molecule has 0 unspecified atom stereocenters. The number of thiazole rings is 1. The third-order valence-electron chi connectivity index (χ3n) is 4.67. The molecule has 1 heterocycles. The van der Waals surface area contributed by atoms with Gasteiger partial charge in [0.2, 0.25) is 10.0 Å². The lowest BCUT2D eigenvalue weighted by Gasteiger charge is -2.04. The Balaban J connectivity index is 1.38.